The van der Waals surface area contributed by atoms with Crippen LogP contribution in [-0.2, 0) is 4.74 Å². The van der Waals surface area contributed by atoms with Gasteiger partial charge in [0.2, 0.25) is 0 Å². The molecule has 1 aromatic carbocycles. The fourth-order valence-corrected chi connectivity index (χ4v) is 1.93. The highest BCUT2D eigenvalue weighted by atomic mass is 35.5. The molecular formula is C13H18ClNO3. The number of nitrogens with zero attached hydrogens (tertiary/aromatic N) is 1. The van der Waals surface area contributed by atoms with E-state index >= 15 is 0 Å². The second kappa shape index (κ2) is 6.61. The summed E-state index contributed by atoms with van der Waals surface area (Å²) in [5.74, 6) is -0.982. The number of hydrogen-bond donors (Lipinski definition) is 1. The number of ether oxygens (including phenoxy) is 1. The van der Waals surface area contributed by atoms with Crippen LogP contribution in [0, 0.1) is 0 Å². The van der Waals surface area contributed by atoms with Crippen molar-refractivity contribution < 1.29 is 14.6 Å². The molecule has 0 aliphatic rings. The fraction of sp³-hybridized carbons (Fsp3) is 0.462. The topological polar surface area (TPSA) is 49.8 Å². The Bertz CT molecular complexity index is 421. The maximum Gasteiger partial charge on any atom is 0.337 e. The second-order valence-electron chi connectivity index (χ2n) is 4.28. The highest BCUT2D eigenvalue weighted by Crippen LogP contribution is 2.29. The first-order valence-corrected chi connectivity index (χ1v) is 6.15. The molecule has 0 amide bonds. The Labute approximate surface area is 112 Å². The molecule has 1 N–H and O–H groups in total. The number of likely N-dealkylation sites (N-methyl/N-ethyl adjacent to an activating group) is 1. The number of halogens is 1. The van der Waals surface area contributed by atoms with E-state index in [0.29, 0.717) is 23.9 Å². The van der Waals surface area contributed by atoms with Gasteiger partial charge in [0, 0.05) is 13.6 Å². The van der Waals surface area contributed by atoms with Crippen molar-refractivity contribution >= 4 is 23.3 Å². The average molecular weight is 272 g/mol. The summed E-state index contributed by atoms with van der Waals surface area (Å²) < 4.78 is 5.44. The predicted octanol–water partition coefficient (Wildman–Crippen LogP) is 2.90. The van der Waals surface area contributed by atoms with Crippen molar-refractivity contribution in [2.75, 3.05) is 25.1 Å². The summed E-state index contributed by atoms with van der Waals surface area (Å²) >= 11 is 6.06. The molecule has 0 aliphatic heterocycles. The van der Waals surface area contributed by atoms with E-state index in [0.717, 1.165) is 0 Å². The van der Waals surface area contributed by atoms with Crippen LogP contribution in [0.1, 0.15) is 24.2 Å². The molecule has 0 aromatic heterocycles. The number of carbonyl (C=O) groups is 1. The van der Waals surface area contributed by atoms with Gasteiger partial charge in [-0.25, -0.2) is 4.79 Å². The maximum atomic E-state index is 11.1. The number of para-hydroxylation sites is 1. The Morgan fingerprint density at radius 1 is 1.50 bits per heavy atom. The summed E-state index contributed by atoms with van der Waals surface area (Å²) in [5, 5.41) is 9.57. The zero-order chi connectivity index (χ0) is 13.7. The maximum absolute atomic E-state index is 11.1. The largest absolute Gasteiger partial charge is 0.478 e. The van der Waals surface area contributed by atoms with Crippen molar-refractivity contribution in [3.63, 3.8) is 0 Å². The summed E-state index contributed by atoms with van der Waals surface area (Å²) in [6, 6.07) is 4.86. The van der Waals surface area contributed by atoms with Gasteiger partial charge in [0.25, 0.3) is 0 Å². The molecule has 18 heavy (non-hydrogen) atoms. The van der Waals surface area contributed by atoms with Gasteiger partial charge in [-0.15, -0.1) is 0 Å². The van der Waals surface area contributed by atoms with E-state index in [9.17, 15) is 4.79 Å². The number of aromatic carboxylic acids is 1. The second-order valence-corrected chi connectivity index (χ2v) is 4.69. The van der Waals surface area contributed by atoms with E-state index < -0.39 is 5.97 Å². The zero-order valence-corrected chi connectivity index (χ0v) is 11.6. The third-order valence-corrected chi connectivity index (χ3v) is 2.78. The number of carboxylic acids is 1. The lowest BCUT2D eigenvalue weighted by Gasteiger charge is -2.22. The Hall–Kier alpha value is -1.26. The minimum atomic E-state index is -0.982. The number of anilines is 1. The highest BCUT2D eigenvalue weighted by molar-refractivity contribution is 6.34. The molecule has 1 rings (SSSR count). The van der Waals surface area contributed by atoms with Crippen LogP contribution in [0.3, 0.4) is 0 Å². The van der Waals surface area contributed by atoms with Crippen LogP contribution in [0.5, 0.6) is 0 Å². The van der Waals surface area contributed by atoms with Gasteiger partial charge in [0.05, 0.1) is 29.0 Å². The molecule has 0 radical (unpaired) electrons. The SMILES string of the molecule is CC(C)OCCN(C)c1c(Cl)cccc1C(=O)O. The van der Waals surface area contributed by atoms with Crippen LogP contribution in [0.4, 0.5) is 5.69 Å². The van der Waals surface area contributed by atoms with Crippen LogP contribution in [0.2, 0.25) is 5.02 Å². The average Bonchev–Trinajstić information content (AvgIpc) is 2.27. The van der Waals surface area contributed by atoms with Crippen molar-refractivity contribution in [2.24, 2.45) is 0 Å². The third kappa shape index (κ3) is 3.89. The summed E-state index contributed by atoms with van der Waals surface area (Å²) in [5.41, 5.74) is 0.730. The monoisotopic (exact) mass is 271 g/mol. The number of carboxylic acid groups (broad SMARTS) is 1. The number of hydrogen-bond acceptors (Lipinski definition) is 3. The van der Waals surface area contributed by atoms with Crippen molar-refractivity contribution in [1.29, 1.82) is 0 Å². The van der Waals surface area contributed by atoms with Gasteiger partial charge < -0.3 is 14.7 Å². The summed E-state index contributed by atoms with van der Waals surface area (Å²) in [4.78, 5) is 12.9. The molecule has 0 saturated carbocycles. The quantitative estimate of drug-likeness (QED) is 0.864. The third-order valence-electron chi connectivity index (χ3n) is 2.48. The molecule has 0 heterocycles. The summed E-state index contributed by atoms with van der Waals surface area (Å²) in [7, 11) is 1.80. The first kappa shape index (κ1) is 14.8. The van der Waals surface area contributed by atoms with E-state index in [2.05, 4.69) is 0 Å². The van der Waals surface area contributed by atoms with E-state index in [1.807, 2.05) is 13.8 Å². The van der Waals surface area contributed by atoms with Crippen LogP contribution >= 0.6 is 11.6 Å². The van der Waals surface area contributed by atoms with Crippen molar-refractivity contribution in [1.82, 2.24) is 0 Å². The van der Waals surface area contributed by atoms with Gasteiger partial charge in [0.15, 0.2) is 0 Å². The fourth-order valence-electron chi connectivity index (χ4n) is 1.61. The lowest BCUT2D eigenvalue weighted by atomic mass is 10.1. The molecule has 0 fully saturated rings. The van der Waals surface area contributed by atoms with Gasteiger partial charge in [-0.2, -0.15) is 0 Å². The summed E-state index contributed by atoms with van der Waals surface area (Å²) in [6.07, 6.45) is 0.156. The molecule has 0 unspecified atom stereocenters. The van der Waals surface area contributed by atoms with Gasteiger partial charge >= 0.3 is 5.97 Å². The van der Waals surface area contributed by atoms with Crippen molar-refractivity contribution in [3.05, 3.63) is 28.8 Å². The van der Waals surface area contributed by atoms with E-state index in [-0.39, 0.29) is 11.7 Å². The number of benzene rings is 1. The Kier molecular flexibility index (Phi) is 5.44. The number of rotatable bonds is 6. The Morgan fingerprint density at radius 2 is 2.17 bits per heavy atom. The minimum Gasteiger partial charge on any atom is -0.478 e. The molecule has 0 atom stereocenters. The smallest absolute Gasteiger partial charge is 0.337 e. The van der Waals surface area contributed by atoms with Crippen LogP contribution in [0.15, 0.2) is 18.2 Å². The van der Waals surface area contributed by atoms with Crippen molar-refractivity contribution in [2.45, 2.75) is 20.0 Å². The van der Waals surface area contributed by atoms with Crippen LogP contribution in [-0.4, -0.2) is 37.4 Å². The van der Waals surface area contributed by atoms with Gasteiger partial charge in [-0.1, -0.05) is 17.7 Å². The molecule has 0 aliphatic carbocycles. The molecular weight excluding hydrogens is 254 g/mol. The minimum absolute atomic E-state index is 0.156. The zero-order valence-electron chi connectivity index (χ0n) is 10.8. The van der Waals surface area contributed by atoms with E-state index in [1.165, 1.54) is 0 Å². The molecule has 0 bridgehead atoms. The molecule has 0 saturated heterocycles. The Morgan fingerprint density at radius 3 is 2.72 bits per heavy atom. The van der Waals surface area contributed by atoms with E-state index in [4.69, 9.17) is 21.4 Å². The van der Waals surface area contributed by atoms with Gasteiger partial charge in [0.1, 0.15) is 0 Å². The van der Waals surface area contributed by atoms with Crippen LogP contribution < -0.4 is 4.90 Å². The molecule has 4 nitrogen and oxygen atoms in total. The molecule has 100 valence electrons. The first-order chi connectivity index (χ1) is 8.43. The van der Waals surface area contributed by atoms with E-state index in [1.54, 1.807) is 30.1 Å². The van der Waals surface area contributed by atoms with Gasteiger partial charge in [-0.05, 0) is 26.0 Å². The summed E-state index contributed by atoms with van der Waals surface area (Å²) in [6.45, 7) is 5.02. The highest BCUT2D eigenvalue weighted by Gasteiger charge is 2.16. The molecule has 0 spiro atoms. The van der Waals surface area contributed by atoms with Crippen LogP contribution in [0.25, 0.3) is 0 Å². The molecule has 1 aromatic rings. The lowest BCUT2D eigenvalue weighted by molar-refractivity contribution is 0.0696. The predicted molar refractivity (Wildman–Crippen MR) is 72.8 cm³/mol. The molecule has 5 heteroatoms. The Balaban J connectivity index is 2.84. The standard InChI is InChI=1S/C13H18ClNO3/c1-9(2)18-8-7-15(3)12-10(13(16)17)5-4-6-11(12)14/h4-6,9H,7-8H2,1-3H3,(H,16,17). The van der Waals surface area contributed by atoms with Crippen molar-refractivity contribution in [3.8, 4) is 0 Å². The first-order valence-electron chi connectivity index (χ1n) is 5.78. The normalized spacial score (nSPS) is 10.7. The lowest BCUT2D eigenvalue weighted by Crippen LogP contribution is -2.26. The van der Waals surface area contributed by atoms with Gasteiger partial charge in [-0.3, -0.25) is 0 Å².